The first kappa shape index (κ1) is 12.6. The molecule has 1 aromatic heterocycles. The van der Waals surface area contributed by atoms with Crippen molar-refractivity contribution in [1.29, 1.82) is 0 Å². The summed E-state index contributed by atoms with van der Waals surface area (Å²) in [6.45, 7) is 4.38. The SMILES string of the molecule is CCCc1c(Cl)ncnc1NC1CC1CCC. The lowest BCUT2D eigenvalue weighted by atomic mass is 10.2. The number of aromatic nitrogens is 2. The van der Waals surface area contributed by atoms with Gasteiger partial charge in [-0.3, -0.25) is 0 Å². The van der Waals surface area contributed by atoms with E-state index in [0.29, 0.717) is 11.2 Å². The number of nitrogens with one attached hydrogen (secondary N) is 1. The summed E-state index contributed by atoms with van der Waals surface area (Å²) >= 11 is 6.12. The molecular weight excluding hydrogens is 234 g/mol. The summed E-state index contributed by atoms with van der Waals surface area (Å²) in [4.78, 5) is 8.38. The Kier molecular flexibility index (Phi) is 4.21. The van der Waals surface area contributed by atoms with Crippen molar-refractivity contribution in [3.05, 3.63) is 17.0 Å². The monoisotopic (exact) mass is 253 g/mol. The molecule has 2 rings (SSSR count). The van der Waals surface area contributed by atoms with Crippen LogP contribution in [0.4, 0.5) is 5.82 Å². The Balaban J connectivity index is 2.03. The molecule has 1 fully saturated rings. The Morgan fingerprint density at radius 3 is 2.88 bits per heavy atom. The van der Waals surface area contributed by atoms with Gasteiger partial charge < -0.3 is 5.32 Å². The molecule has 0 aliphatic heterocycles. The van der Waals surface area contributed by atoms with Crippen molar-refractivity contribution in [2.45, 2.75) is 52.0 Å². The van der Waals surface area contributed by atoms with E-state index in [0.717, 1.165) is 30.1 Å². The second kappa shape index (κ2) is 5.67. The van der Waals surface area contributed by atoms with Crippen molar-refractivity contribution in [1.82, 2.24) is 9.97 Å². The highest BCUT2D eigenvalue weighted by Gasteiger charge is 2.36. The zero-order valence-electron chi connectivity index (χ0n) is 10.5. The first-order chi connectivity index (χ1) is 8.26. The molecule has 0 amide bonds. The fourth-order valence-corrected chi connectivity index (χ4v) is 2.50. The third-order valence-electron chi connectivity index (χ3n) is 3.30. The zero-order valence-corrected chi connectivity index (χ0v) is 11.3. The van der Waals surface area contributed by atoms with Crippen LogP contribution in [-0.2, 0) is 6.42 Å². The summed E-state index contributed by atoms with van der Waals surface area (Å²) in [5, 5.41) is 4.10. The molecule has 1 aliphatic carbocycles. The molecule has 17 heavy (non-hydrogen) atoms. The van der Waals surface area contributed by atoms with Crippen LogP contribution >= 0.6 is 11.6 Å². The minimum atomic E-state index is 0.594. The number of rotatable bonds is 6. The smallest absolute Gasteiger partial charge is 0.137 e. The fraction of sp³-hybridized carbons (Fsp3) is 0.692. The van der Waals surface area contributed by atoms with Gasteiger partial charge in [0.2, 0.25) is 0 Å². The van der Waals surface area contributed by atoms with E-state index in [1.807, 2.05) is 0 Å². The predicted molar refractivity (Wildman–Crippen MR) is 71.5 cm³/mol. The molecule has 0 radical (unpaired) electrons. The highest BCUT2D eigenvalue weighted by Crippen LogP contribution is 2.38. The molecule has 2 atom stereocenters. The van der Waals surface area contributed by atoms with Gasteiger partial charge in [-0.25, -0.2) is 9.97 Å². The van der Waals surface area contributed by atoms with E-state index in [9.17, 15) is 0 Å². The van der Waals surface area contributed by atoms with Gasteiger partial charge in [0, 0.05) is 11.6 Å². The standard InChI is InChI=1S/C13H20ClN3/c1-3-5-9-7-11(9)17-13-10(6-4-2)12(14)15-8-16-13/h8-9,11H,3-7H2,1-2H3,(H,15,16,17). The van der Waals surface area contributed by atoms with Crippen LogP contribution in [0.5, 0.6) is 0 Å². The maximum Gasteiger partial charge on any atom is 0.137 e. The van der Waals surface area contributed by atoms with Crippen molar-refractivity contribution < 1.29 is 0 Å². The largest absolute Gasteiger partial charge is 0.367 e. The van der Waals surface area contributed by atoms with E-state index in [1.165, 1.54) is 19.3 Å². The summed E-state index contributed by atoms with van der Waals surface area (Å²) in [5.41, 5.74) is 1.07. The highest BCUT2D eigenvalue weighted by atomic mass is 35.5. The number of halogens is 1. The van der Waals surface area contributed by atoms with Gasteiger partial charge in [-0.2, -0.15) is 0 Å². The molecular formula is C13H20ClN3. The van der Waals surface area contributed by atoms with E-state index >= 15 is 0 Å². The average Bonchev–Trinajstić information content (AvgIpc) is 3.02. The molecule has 4 heteroatoms. The topological polar surface area (TPSA) is 37.8 Å². The van der Waals surface area contributed by atoms with Gasteiger partial charge in [0.15, 0.2) is 0 Å². The molecule has 1 saturated carbocycles. The van der Waals surface area contributed by atoms with Gasteiger partial charge in [-0.05, 0) is 25.2 Å². The van der Waals surface area contributed by atoms with E-state index in [2.05, 4.69) is 29.1 Å². The van der Waals surface area contributed by atoms with E-state index in [1.54, 1.807) is 6.33 Å². The van der Waals surface area contributed by atoms with Crippen LogP contribution in [0.25, 0.3) is 0 Å². The summed E-state index contributed by atoms with van der Waals surface area (Å²) in [5.74, 6) is 1.76. The summed E-state index contributed by atoms with van der Waals surface area (Å²) in [6.07, 6.45) is 7.37. The van der Waals surface area contributed by atoms with Gasteiger partial charge >= 0.3 is 0 Å². The second-order valence-electron chi connectivity index (χ2n) is 4.78. The minimum Gasteiger partial charge on any atom is -0.367 e. The third kappa shape index (κ3) is 3.09. The molecule has 0 spiro atoms. The van der Waals surface area contributed by atoms with Gasteiger partial charge in [0.05, 0.1) is 0 Å². The predicted octanol–water partition coefficient (Wildman–Crippen LogP) is 3.68. The van der Waals surface area contributed by atoms with E-state index in [-0.39, 0.29) is 0 Å². The quantitative estimate of drug-likeness (QED) is 0.786. The maximum atomic E-state index is 6.12. The van der Waals surface area contributed by atoms with E-state index in [4.69, 9.17) is 11.6 Å². The highest BCUT2D eigenvalue weighted by molar-refractivity contribution is 6.30. The van der Waals surface area contributed by atoms with Crippen molar-refractivity contribution in [3.63, 3.8) is 0 Å². The molecule has 0 saturated heterocycles. The number of hydrogen-bond acceptors (Lipinski definition) is 3. The Morgan fingerprint density at radius 2 is 2.18 bits per heavy atom. The normalized spacial score (nSPS) is 22.5. The number of nitrogens with zero attached hydrogens (tertiary/aromatic N) is 2. The molecule has 1 aliphatic rings. The molecule has 0 aromatic carbocycles. The summed E-state index contributed by atoms with van der Waals surface area (Å²) < 4.78 is 0. The fourth-order valence-electron chi connectivity index (χ4n) is 2.28. The summed E-state index contributed by atoms with van der Waals surface area (Å²) in [6, 6.07) is 0.594. The molecule has 2 unspecified atom stereocenters. The van der Waals surface area contributed by atoms with E-state index < -0.39 is 0 Å². The molecule has 94 valence electrons. The Bertz CT molecular complexity index is 381. The Morgan fingerprint density at radius 1 is 1.35 bits per heavy atom. The molecule has 1 aromatic rings. The van der Waals surface area contributed by atoms with Gasteiger partial charge in [-0.1, -0.05) is 38.3 Å². The van der Waals surface area contributed by atoms with Crippen LogP contribution in [0.1, 0.15) is 45.1 Å². The lowest BCUT2D eigenvalue weighted by molar-refractivity contribution is 0.691. The Hall–Kier alpha value is -0.830. The first-order valence-electron chi connectivity index (χ1n) is 6.52. The minimum absolute atomic E-state index is 0.594. The number of hydrogen-bond donors (Lipinski definition) is 1. The zero-order chi connectivity index (χ0) is 12.3. The van der Waals surface area contributed by atoms with Crippen LogP contribution in [0.3, 0.4) is 0 Å². The molecule has 3 nitrogen and oxygen atoms in total. The third-order valence-corrected chi connectivity index (χ3v) is 3.62. The van der Waals surface area contributed by atoms with Crippen molar-refractivity contribution in [3.8, 4) is 0 Å². The molecule has 0 bridgehead atoms. The van der Waals surface area contributed by atoms with Crippen LogP contribution in [0.2, 0.25) is 5.15 Å². The van der Waals surface area contributed by atoms with Crippen molar-refractivity contribution in [2.24, 2.45) is 5.92 Å². The first-order valence-corrected chi connectivity index (χ1v) is 6.90. The van der Waals surface area contributed by atoms with Crippen molar-refractivity contribution in [2.75, 3.05) is 5.32 Å². The maximum absolute atomic E-state index is 6.12. The van der Waals surface area contributed by atoms with Crippen LogP contribution in [-0.4, -0.2) is 16.0 Å². The Labute approximate surface area is 108 Å². The van der Waals surface area contributed by atoms with Crippen LogP contribution in [0.15, 0.2) is 6.33 Å². The average molecular weight is 254 g/mol. The van der Waals surface area contributed by atoms with Crippen LogP contribution in [0, 0.1) is 5.92 Å². The number of anilines is 1. The van der Waals surface area contributed by atoms with Crippen LogP contribution < -0.4 is 5.32 Å². The van der Waals surface area contributed by atoms with Gasteiger partial charge in [0.25, 0.3) is 0 Å². The lowest BCUT2D eigenvalue weighted by Gasteiger charge is -2.10. The molecule has 1 N–H and O–H groups in total. The second-order valence-corrected chi connectivity index (χ2v) is 5.13. The summed E-state index contributed by atoms with van der Waals surface area (Å²) in [7, 11) is 0. The molecule has 1 heterocycles. The van der Waals surface area contributed by atoms with Gasteiger partial charge in [0.1, 0.15) is 17.3 Å². The lowest BCUT2D eigenvalue weighted by Crippen LogP contribution is -2.09. The van der Waals surface area contributed by atoms with Crippen molar-refractivity contribution >= 4 is 17.4 Å². The van der Waals surface area contributed by atoms with Gasteiger partial charge in [-0.15, -0.1) is 0 Å².